The third-order valence-corrected chi connectivity index (χ3v) is 4.58. The van der Waals surface area contributed by atoms with Crippen LogP contribution in [0.2, 0.25) is 0 Å². The van der Waals surface area contributed by atoms with Crippen molar-refractivity contribution in [2.24, 2.45) is 0 Å². The molecule has 0 aliphatic heterocycles. The summed E-state index contributed by atoms with van der Waals surface area (Å²) in [4.78, 5) is 25.3. The van der Waals surface area contributed by atoms with E-state index in [2.05, 4.69) is 36.2 Å². The maximum absolute atomic E-state index is 12.9. The predicted octanol–water partition coefficient (Wildman–Crippen LogP) is 5.43. The molecule has 35 heavy (non-hydrogen) atoms. The highest BCUT2D eigenvalue weighted by Gasteiger charge is 2.30. The minimum absolute atomic E-state index is 0.0279. The second kappa shape index (κ2) is 10.5. The SMILES string of the molecule is O=C(CNc1nc(Nc2ccccc2)nc(Nc2ccccc2)n1)Nc1cccc(C(F)(F)F)c1. The topological polar surface area (TPSA) is 104 Å². The lowest BCUT2D eigenvalue weighted by molar-refractivity contribution is -0.137. The van der Waals surface area contributed by atoms with E-state index in [9.17, 15) is 18.0 Å². The van der Waals surface area contributed by atoms with Gasteiger partial charge in [0, 0.05) is 17.1 Å². The van der Waals surface area contributed by atoms with Gasteiger partial charge in [-0.3, -0.25) is 4.79 Å². The van der Waals surface area contributed by atoms with Crippen molar-refractivity contribution >= 4 is 40.8 Å². The van der Waals surface area contributed by atoms with Gasteiger partial charge in [0.05, 0.1) is 12.1 Å². The van der Waals surface area contributed by atoms with Gasteiger partial charge < -0.3 is 21.3 Å². The van der Waals surface area contributed by atoms with E-state index in [0.29, 0.717) is 0 Å². The molecular formula is C24H20F3N7O. The molecule has 3 aromatic carbocycles. The number of alkyl halides is 3. The van der Waals surface area contributed by atoms with Crippen molar-refractivity contribution in [2.75, 3.05) is 27.8 Å². The first-order valence-electron chi connectivity index (χ1n) is 10.5. The normalized spacial score (nSPS) is 10.9. The number of para-hydroxylation sites is 2. The Morgan fingerprint density at radius 1 is 0.686 bits per heavy atom. The Bertz CT molecular complexity index is 1230. The highest BCUT2D eigenvalue weighted by Crippen LogP contribution is 2.30. The maximum Gasteiger partial charge on any atom is 0.416 e. The van der Waals surface area contributed by atoms with Gasteiger partial charge in [0.15, 0.2) is 0 Å². The summed E-state index contributed by atoms with van der Waals surface area (Å²) < 4.78 is 38.7. The van der Waals surface area contributed by atoms with Gasteiger partial charge >= 0.3 is 6.18 Å². The number of hydrogen-bond donors (Lipinski definition) is 4. The van der Waals surface area contributed by atoms with E-state index in [0.717, 1.165) is 23.5 Å². The van der Waals surface area contributed by atoms with Crippen molar-refractivity contribution in [1.29, 1.82) is 0 Å². The summed E-state index contributed by atoms with van der Waals surface area (Å²) in [5.41, 5.74) is 0.671. The number of hydrogen-bond acceptors (Lipinski definition) is 7. The van der Waals surface area contributed by atoms with E-state index in [1.165, 1.54) is 12.1 Å². The second-order valence-corrected chi connectivity index (χ2v) is 7.27. The molecule has 0 fully saturated rings. The molecule has 0 unspecified atom stereocenters. The van der Waals surface area contributed by atoms with Crippen LogP contribution in [-0.4, -0.2) is 27.4 Å². The zero-order valence-electron chi connectivity index (χ0n) is 18.2. The van der Waals surface area contributed by atoms with Gasteiger partial charge in [-0.25, -0.2) is 0 Å². The summed E-state index contributed by atoms with van der Waals surface area (Å²) in [6.45, 7) is -0.282. The van der Waals surface area contributed by atoms with Crippen molar-refractivity contribution in [3.63, 3.8) is 0 Å². The summed E-state index contributed by atoms with van der Waals surface area (Å²) in [7, 11) is 0. The number of benzene rings is 3. The zero-order chi connectivity index (χ0) is 24.7. The van der Waals surface area contributed by atoms with Gasteiger partial charge in [-0.15, -0.1) is 0 Å². The average molecular weight is 479 g/mol. The molecule has 4 N–H and O–H groups in total. The van der Waals surface area contributed by atoms with Crippen molar-refractivity contribution in [1.82, 2.24) is 15.0 Å². The van der Waals surface area contributed by atoms with E-state index in [1.807, 2.05) is 60.7 Å². The Morgan fingerprint density at radius 3 is 1.74 bits per heavy atom. The van der Waals surface area contributed by atoms with Gasteiger partial charge in [-0.05, 0) is 42.5 Å². The van der Waals surface area contributed by atoms with Crippen LogP contribution < -0.4 is 21.3 Å². The first-order chi connectivity index (χ1) is 16.8. The first kappa shape index (κ1) is 23.5. The molecular weight excluding hydrogens is 459 g/mol. The largest absolute Gasteiger partial charge is 0.416 e. The smallest absolute Gasteiger partial charge is 0.345 e. The summed E-state index contributed by atoms with van der Waals surface area (Å²) in [6.07, 6.45) is -4.51. The minimum atomic E-state index is -4.51. The molecule has 4 rings (SSSR count). The van der Waals surface area contributed by atoms with Crippen LogP contribution in [0.15, 0.2) is 84.9 Å². The van der Waals surface area contributed by atoms with E-state index in [4.69, 9.17) is 0 Å². The fraction of sp³-hybridized carbons (Fsp3) is 0.0833. The van der Waals surface area contributed by atoms with E-state index in [-0.39, 0.29) is 30.1 Å². The number of amides is 1. The standard InChI is InChI=1S/C24H20F3N7O/c25-24(26,27)16-8-7-13-19(14-16)29-20(35)15-28-21-32-22(30-17-9-3-1-4-10-17)34-23(33-21)31-18-11-5-2-6-12-18/h1-14H,15H2,(H,29,35)(H3,28,30,31,32,33,34). The molecule has 0 saturated heterocycles. The molecule has 4 aromatic rings. The summed E-state index contributed by atoms with van der Waals surface area (Å²) >= 11 is 0. The van der Waals surface area contributed by atoms with Crippen LogP contribution in [0, 0.1) is 0 Å². The third-order valence-electron chi connectivity index (χ3n) is 4.58. The van der Waals surface area contributed by atoms with Gasteiger partial charge in [0.25, 0.3) is 0 Å². The van der Waals surface area contributed by atoms with Crippen LogP contribution in [-0.2, 0) is 11.0 Å². The molecule has 0 aliphatic carbocycles. The molecule has 0 spiro atoms. The molecule has 11 heteroatoms. The molecule has 1 amide bonds. The molecule has 0 bridgehead atoms. The van der Waals surface area contributed by atoms with Crippen LogP contribution in [0.3, 0.4) is 0 Å². The van der Waals surface area contributed by atoms with Crippen LogP contribution >= 0.6 is 0 Å². The lowest BCUT2D eigenvalue weighted by Crippen LogP contribution is -2.23. The summed E-state index contributed by atoms with van der Waals surface area (Å²) in [5, 5.41) is 11.4. The average Bonchev–Trinajstić information content (AvgIpc) is 2.84. The van der Waals surface area contributed by atoms with E-state index in [1.54, 1.807) is 0 Å². The number of nitrogens with zero attached hydrogens (tertiary/aromatic N) is 3. The van der Waals surface area contributed by atoms with E-state index < -0.39 is 17.6 Å². The lowest BCUT2D eigenvalue weighted by Gasteiger charge is -2.12. The monoisotopic (exact) mass is 479 g/mol. The number of anilines is 6. The van der Waals surface area contributed by atoms with Gasteiger partial charge in [0.2, 0.25) is 23.8 Å². The number of carbonyl (C=O) groups is 1. The van der Waals surface area contributed by atoms with Crippen LogP contribution in [0.1, 0.15) is 5.56 Å². The van der Waals surface area contributed by atoms with Crippen molar-refractivity contribution < 1.29 is 18.0 Å². The molecule has 0 aliphatic rings. The Kier molecular flexibility index (Phi) is 7.05. The Labute approximate surface area is 198 Å². The van der Waals surface area contributed by atoms with Crippen molar-refractivity contribution in [3.05, 3.63) is 90.5 Å². The van der Waals surface area contributed by atoms with Crippen LogP contribution in [0.25, 0.3) is 0 Å². The predicted molar refractivity (Wildman–Crippen MR) is 128 cm³/mol. The molecule has 0 radical (unpaired) electrons. The number of aromatic nitrogens is 3. The maximum atomic E-state index is 12.9. The lowest BCUT2D eigenvalue weighted by atomic mass is 10.2. The number of halogens is 3. The fourth-order valence-electron chi connectivity index (χ4n) is 3.01. The summed E-state index contributed by atoms with van der Waals surface area (Å²) in [5.74, 6) is -0.0215. The molecule has 0 atom stereocenters. The Hall–Kier alpha value is -4.67. The zero-order valence-corrected chi connectivity index (χ0v) is 18.2. The fourth-order valence-corrected chi connectivity index (χ4v) is 3.01. The molecule has 1 heterocycles. The third kappa shape index (κ3) is 6.90. The molecule has 178 valence electrons. The highest BCUT2D eigenvalue weighted by atomic mass is 19.4. The molecule has 8 nitrogen and oxygen atoms in total. The van der Waals surface area contributed by atoms with Gasteiger partial charge in [-0.1, -0.05) is 42.5 Å². The number of carbonyl (C=O) groups excluding carboxylic acids is 1. The molecule has 1 aromatic heterocycles. The van der Waals surface area contributed by atoms with Gasteiger partial charge in [-0.2, -0.15) is 28.1 Å². The number of nitrogens with one attached hydrogen (secondary N) is 4. The molecule has 0 saturated carbocycles. The minimum Gasteiger partial charge on any atom is -0.345 e. The van der Waals surface area contributed by atoms with Crippen LogP contribution in [0.4, 0.5) is 48.1 Å². The van der Waals surface area contributed by atoms with E-state index >= 15 is 0 Å². The quantitative estimate of drug-likeness (QED) is 0.267. The number of rotatable bonds is 8. The Balaban J connectivity index is 1.48. The Morgan fingerprint density at radius 2 is 1.20 bits per heavy atom. The second-order valence-electron chi connectivity index (χ2n) is 7.27. The van der Waals surface area contributed by atoms with Crippen molar-refractivity contribution in [3.8, 4) is 0 Å². The van der Waals surface area contributed by atoms with Crippen LogP contribution in [0.5, 0.6) is 0 Å². The van der Waals surface area contributed by atoms with Gasteiger partial charge in [0.1, 0.15) is 0 Å². The van der Waals surface area contributed by atoms with Crippen molar-refractivity contribution in [2.45, 2.75) is 6.18 Å². The summed E-state index contributed by atoms with van der Waals surface area (Å²) in [6, 6.07) is 22.9. The first-order valence-corrected chi connectivity index (χ1v) is 10.5. The highest BCUT2D eigenvalue weighted by molar-refractivity contribution is 5.93.